The molecule has 0 unspecified atom stereocenters. The van der Waals surface area contributed by atoms with E-state index in [9.17, 15) is 0 Å². The molecule has 0 radical (unpaired) electrons. The van der Waals surface area contributed by atoms with Crippen molar-refractivity contribution in [2.24, 2.45) is 0 Å². The monoisotopic (exact) mass is 304 g/mol. The molecule has 3 nitrogen and oxygen atoms in total. The molecule has 0 spiro atoms. The molecule has 22 heavy (non-hydrogen) atoms. The third-order valence-corrected chi connectivity index (χ3v) is 4.27. The van der Waals surface area contributed by atoms with Crippen LogP contribution < -0.4 is 0 Å². The predicted molar refractivity (Wildman–Crippen MR) is 88.5 cm³/mol. The Morgan fingerprint density at radius 1 is 0.909 bits per heavy atom. The third kappa shape index (κ3) is 2.44. The first-order valence-corrected chi connectivity index (χ1v) is 7.78. The molecule has 3 heterocycles. The van der Waals surface area contributed by atoms with Crippen LogP contribution in [0.4, 0.5) is 0 Å². The fourth-order valence-electron chi connectivity index (χ4n) is 2.30. The molecule has 0 aliphatic rings. The molecule has 0 amide bonds. The molecule has 1 aromatic carbocycles. The zero-order valence-electron chi connectivity index (χ0n) is 11.6. The molecule has 106 valence electrons. The van der Waals surface area contributed by atoms with Gasteiger partial charge in [-0.25, -0.2) is 4.98 Å². The maximum absolute atomic E-state index is 5.46. The van der Waals surface area contributed by atoms with Crippen LogP contribution in [0.15, 0.2) is 77.0 Å². The zero-order chi connectivity index (χ0) is 14.8. The summed E-state index contributed by atoms with van der Waals surface area (Å²) in [5.74, 6) is 0.867. The molecule has 0 bridgehead atoms. The van der Waals surface area contributed by atoms with E-state index >= 15 is 0 Å². The number of furan rings is 1. The Balaban J connectivity index is 1.71. The van der Waals surface area contributed by atoms with Gasteiger partial charge in [0, 0.05) is 34.5 Å². The highest BCUT2D eigenvalue weighted by atomic mass is 32.1. The van der Waals surface area contributed by atoms with Gasteiger partial charge < -0.3 is 4.42 Å². The second-order valence-corrected chi connectivity index (χ2v) is 5.70. The van der Waals surface area contributed by atoms with Gasteiger partial charge in [-0.05, 0) is 30.3 Å². The molecule has 0 aliphatic carbocycles. The van der Waals surface area contributed by atoms with Gasteiger partial charge >= 0.3 is 0 Å². The Hall–Kier alpha value is -2.72. The number of thiazole rings is 1. The van der Waals surface area contributed by atoms with Crippen LogP contribution in [0.3, 0.4) is 0 Å². The first-order valence-electron chi connectivity index (χ1n) is 6.90. The smallest absolute Gasteiger partial charge is 0.133 e. The molecule has 0 saturated heterocycles. The number of rotatable bonds is 3. The second kappa shape index (κ2) is 5.58. The van der Waals surface area contributed by atoms with E-state index in [2.05, 4.69) is 22.5 Å². The standard InChI is InChI=1S/C18H12N2OS/c1-4-13(17-7-3-9-21-17)10-14(5-1)18-20-16(12-22-18)15-6-2-8-19-11-15/h1-12H. The summed E-state index contributed by atoms with van der Waals surface area (Å²) in [6.45, 7) is 0. The van der Waals surface area contributed by atoms with E-state index in [0.717, 1.165) is 33.2 Å². The lowest BCUT2D eigenvalue weighted by molar-refractivity contribution is 0.582. The van der Waals surface area contributed by atoms with E-state index in [1.54, 1.807) is 23.8 Å². The number of pyridine rings is 1. The van der Waals surface area contributed by atoms with Crippen molar-refractivity contribution in [2.75, 3.05) is 0 Å². The van der Waals surface area contributed by atoms with Crippen molar-refractivity contribution < 1.29 is 4.42 Å². The topological polar surface area (TPSA) is 38.9 Å². The van der Waals surface area contributed by atoms with Gasteiger partial charge in [-0.1, -0.05) is 18.2 Å². The van der Waals surface area contributed by atoms with Gasteiger partial charge in [0.1, 0.15) is 10.8 Å². The zero-order valence-corrected chi connectivity index (χ0v) is 12.5. The summed E-state index contributed by atoms with van der Waals surface area (Å²) >= 11 is 1.63. The Kier molecular flexibility index (Phi) is 3.29. The van der Waals surface area contributed by atoms with Crippen LogP contribution in [0.1, 0.15) is 0 Å². The SMILES string of the molecule is c1cncc(-c2csc(-c3cccc(-c4ccco4)c3)n2)c1. The lowest BCUT2D eigenvalue weighted by Crippen LogP contribution is -1.81. The van der Waals surface area contributed by atoms with E-state index in [1.807, 2.05) is 42.6 Å². The average Bonchev–Trinajstić information content (AvgIpc) is 3.28. The van der Waals surface area contributed by atoms with Crippen molar-refractivity contribution in [3.8, 4) is 33.2 Å². The maximum Gasteiger partial charge on any atom is 0.133 e. The number of hydrogen-bond donors (Lipinski definition) is 0. The van der Waals surface area contributed by atoms with E-state index in [0.29, 0.717) is 0 Å². The van der Waals surface area contributed by atoms with Crippen molar-refractivity contribution in [1.82, 2.24) is 9.97 Å². The van der Waals surface area contributed by atoms with Gasteiger partial charge in [-0.3, -0.25) is 4.98 Å². The fraction of sp³-hybridized carbons (Fsp3) is 0. The summed E-state index contributed by atoms with van der Waals surface area (Å²) < 4.78 is 5.46. The predicted octanol–water partition coefficient (Wildman–Crippen LogP) is 5.13. The summed E-state index contributed by atoms with van der Waals surface area (Å²) in [6.07, 6.45) is 5.29. The third-order valence-electron chi connectivity index (χ3n) is 3.38. The van der Waals surface area contributed by atoms with Crippen LogP contribution in [-0.4, -0.2) is 9.97 Å². The van der Waals surface area contributed by atoms with Crippen LogP contribution >= 0.6 is 11.3 Å². The molecule has 4 heteroatoms. The summed E-state index contributed by atoms with van der Waals surface area (Å²) in [5, 5.41) is 3.05. The average molecular weight is 304 g/mol. The largest absolute Gasteiger partial charge is 0.464 e. The van der Waals surface area contributed by atoms with Gasteiger partial charge in [-0.2, -0.15) is 0 Å². The van der Waals surface area contributed by atoms with Crippen LogP contribution in [0, 0.1) is 0 Å². The van der Waals surface area contributed by atoms with Crippen LogP contribution in [-0.2, 0) is 0 Å². The van der Waals surface area contributed by atoms with Crippen LogP contribution in [0.25, 0.3) is 33.2 Å². The highest BCUT2D eigenvalue weighted by Gasteiger charge is 2.08. The molecule has 0 atom stereocenters. The molecular weight excluding hydrogens is 292 g/mol. The van der Waals surface area contributed by atoms with Crippen LogP contribution in [0.2, 0.25) is 0 Å². The van der Waals surface area contributed by atoms with Crippen molar-refractivity contribution in [2.45, 2.75) is 0 Å². The van der Waals surface area contributed by atoms with Crippen molar-refractivity contribution in [3.05, 3.63) is 72.6 Å². The lowest BCUT2D eigenvalue weighted by atomic mass is 10.1. The molecule has 0 fully saturated rings. The first kappa shape index (κ1) is 13.0. The Morgan fingerprint density at radius 2 is 1.82 bits per heavy atom. The minimum absolute atomic E-state index is 0.867. The van der Waals surface area contributed by atoms with E-state index in [-0.39, 0.29) is 0 Å². The summed E-state index contributed by atoms with van der Waals surface area (Å²) in [7, 11) is 0. The highest BCUT2D eigenvalue weighted by Crippen LogP contribution is 2.31. The normalized spacial score (nSPS) is 10.7. The Bertz CT molecular complexity index is 882. The number of hydrogen-bond acceptors (Lipinski definition) is 4. The molecule has 0 saturated carbocycles. The van der Waals surface area contributed by atoms with Crippen LogP contribution in [0.5, 0.6) is 0 Å². The molecular formula is C18H12N2OS. The maximum atomic E-state index is 5.46. The molecule has 0 aliphatic heterocycles. The minimum atomic E-state index is 0.867. The van der Waals surface area contributed by atoms with Gasteiger partial charge in [0.15, 0.2) is 0 Å². The fourth-order valence-corrected chi connectivity index (χ4v) is 3.13. The summed E-state index contributed by atoms with van der Waals surface area (Å²) in [4.78, 5) is 8.86. The molecule has 4 rings (SSSR count). The Morgan fingerprint density at radius 3 is 2.64 bits per heavy atom. The van der Waals surface area contributed by atoms with Gasteiger partial charge in [0.2, 0.25) is 0 Å². The van der Waals surface area contributed by atoms with E-state index < -0.39 is 0 Å². The number of aromatic nitrogens is 2. The summed E-state index contributed by atoms with van der Waals surface area (Å²) in [5.41, 5.74) is 4.14. The van der Waals surface area contributed by atoms with E-state index in [1.165, 1.54) is 0 Å². The van der Waals surface area contributed by atoms with Crippen molar-refractivity contribution in [3.63, 3.8) is 0 Å². The molecule has 4 aromatic rings. The van der Waals surface area contributed by atoms with E-state index in [4.69, 9.17) is 9.40 Å². The summed E-state index contributed by atoms with van der Waals surface area (Å²) in [6, 6.07) is 16.0. The highest BCUT2D eigenvalue weighted by molar-refractivity contribution is 7.13. The van der Waals surface area contributed by atoms with Crippen molar-refractivity contribution >= 4 is 11.3 Å². The van der Waals surface area contributed by atoms with Crippen molar-refractivity contribution in [1.29, 1.82) is 0 Å². The molecule has 0 N–H and O–H groups in total. The second-order valence-electron chi connectivity index (χ2n) is 4.84. The van der Waals surface area contributed by atoms with Gasteiger partial charge in [-0.15, -0.1) is 11.3 Å². The minimum Gasteiger partial charge on any atom is -0.464 e. The quantitative estimate of drug-likeness (QED) is 0.526. The first-order chi connectivity index (χ1) is 10.9. The molecule has 3 aromatic heterocycles. The number of nitrogens with zero attached hydrogens (tertiary/aromatic N) is 2. The van der Waals surface area contributed by atoms with Gasteiger partial charge in [0.25, 0.3) is 0 Å². The number of benzene rings is 1. The Labute approximate surface area is 131 Å². The lowest BCUT2D eigenvalue weighted by Gasteiger charge is -2.00. The van der Waals surface area contributed by atoms with Gasteiger partial charge in [0.05, 0.1) is 12.0 Å².